The number of alkyl halides is 2. The molecule has 1 N–H and O–H groups in total. The maximum absolute atomic E-state index is 13.2. The molecule has 4 unspecified atom stereocenters. The maximum atomic E-state index is 13.2. The van der Waals surface area contributed by atoms with Crippen LogP contribution in [0.2, 0.25) is 0 Å². The van der Waals surface area contributed by atoms with E-state index in [0.717, 1.165) is 19.3 Å². The number of esters is 1. The van der Waals surface area contributed by atoms with Crippen molar-refractivity contribution >= 4 is 16.1 Å². The third-order valence-corrected chi connectivity index (χ3v) is 5.98. The standard InChI is InChI=1S/C16H18F2O5S/c17-16(18,24(20,21)22)15(19)23-9-12-6-10-7-13(14(12)8-10)11-4-2-1-3-5-11/h1-5,10,12-14H,6-9H2,(H,20,21,22). The summed E-state index contributed by atoms with van der Waals surface area (Å²) < 4.78 is 60.5. The molecule has 5 nitrogen and oxygen atoms in total. The molecule has 2 saturated carbocycles. The summed E-state index contributed by atoms with van der Waals surface area (Å²) in [6.45, 7) is -0.256. The Morgan fingerprint density at radius 1 is 1.21 bits per heavy atom. The largest absolute Gasteiger partial charge is 0.465 e. The highest BCUT2D eigenvalue weighted by molar-refractivity contribution is 7.87. The van der Waals surface area contributed by atoms with Crippen molar-refractivity contribution in [3.8, 4) is 0 Å². The first-order valence-electron chi connectivity index (χ1n) is 7.77. The van der Waals surface area contributed by atoms with Crippen molar-refractivity contribution in [1.29, 1.82) is 0 Å². The molecule has 24 heavy (non-hydrogen) atoms. The topological polar surface area (TPSA) is 80.7 Å². The molecule has 0 spiro atoms. The average molecular weight is 360 g/mol. The summed E-state index contributed by atoms with van der Waals surface area (Å²) in [5, 5.41) is -4.93. The highest BCUT2D eigenvalue weighted by Gasteiger charge is 2.55. The zero-order valence-electron chi connectivity index (χ0n) is 12.8. The van der Waals surface area contributed by atoms with Crippen LogP contribution in [-0.4, -0.2) is 30.8 Å². The van der Waals surface area contributed by atoms with Gasteiger partial charge in [0.05, 0.1) is 6.61 Å². The van der Waals surface area contributed by atoms with Crippen LogP contribution < -0.4 is 0 Å². The zero-order chi connectivity index (χ0) is 17.5. The Kier molecular flexibility index (Phi) is 4.37. The lowest BCUT2D eigenvalue weighted by Crippen LogP contribution is -2.40. The Hall–Kier alpha value is -1.54. The minimum atomic E-state index is -5.82. The fourth-order valence-electron chi connectivity index (χ4n) is 4.14. The van der Waals surface area contributed by atoms with Gasteiger partial charge in [0.2, 0.25) is 0 Å². The molecule has 0 saturated heterocycles. The minimum Gasteiger partial charge on any atom is -0.460 e. The summed E-state index contributed by atoms with van der Waals surface area (Å²) in [6, 6.07) is 9.88. The second-order valence-electron chi connectivity index (χ2n) is 6.60. The van der Waals surface area contributed by atoms with Gasteiger partial charge in [-0.3, -0.25) is 4.55 Å². The first kappa shape index (κ1) is 17.3. The van der Waals surface area contributed by atoms with Gasteiger partial charge in [0.1, 0.15) is 0 Å². The molecule has 1 aromatic carbocycles. The van der Waals surface area contributed by atoms with Crippen molar-refractivity contribution in [3.63, 3.8) is 0 Å². The van der Waals surface area contributed by atoms with Crippen LogP contribution in [0.25, 0.3) is 0 Å². The van der Waals surface area contributed by atoms with E-state index in [0.29, 0.717) is 11.8 Å². The van der Waals surface area contributed by atoms with Crippen LogP contribution in [0.1, 0.15) is 30.7 Å². The van der Waals surface area contributed by atoms with Gasteiger partial charge in [0.15, 0.2) is 0 Å². The summed E-state index contributed by atoms with van der Waals surface area (Å²) in [5.41, 5.74) is 1.18. The molecule has 1 aromatic rings. The van der Waals surface area contributed by atoms with E-state index in [1.54, 1.807) is 0 Å². The van der Waals surface area contributed by atoms with Gasteiger partial charge in [-0.2, -0.15) is 17.2 Å². The monoisotopic (exact) mass is 360 g/mol. The minimum absolute atomic E-state index is 0.0740. The third kappa shape index (κ3) is 3.04. The number of hydrogen-bond donors (Lipinski definition) is 1. The van der Waals surface area contributed by atoms with E-state index < -0.39 is 21.3 Å². The lowest BCUT2D eigenvalue weighted by atomic mass is 9.77. The zero-order valence-corrected chi connectivity index (χ0v) is 13.6. The van der Waals surface area contributed by atoms with Gasteiger partial charge in [-0.05, 0) is 48.5 Å². The number of rotatable bonds is 5. The normalized spacial score (nSPS) is 29.6. The Morgan fingerprint density at radius 2 is 1.88 bits per heavy atom. The molecule has 8 heteroatoms. The summed E-state index contributed by atoms with van der Waals surface area (Å²) in [7, 11) is -5.82. The molecule has 132 valence electrons. The average Bonchev–Trinajstić information content (AvgIpc) is 3.12. The number of hydrogen-bond acceptors (Lipinski definition) is 4. The second kappa shape index (κ2) is 6.07. The van der Waals surface area contributed by atoms with E-state index >= 15 is 0 Å². The van der Waals surface area contributed by atoms with E-state index in [9.17, 15) is 22.0 Å². The van der Waals surface area contributed by atoms with Crippen molar-refractivity contribution in [2.24, 2.45) is 17.8 Å². The van der Waals surface area contributed by atoms with Crippen LogP contribution in [0.5, 0.6) is 0 Å². The van der Waals surface area contributed by atoms with Crippen LogP contribution in [0.4, 0.5) is 8.78 Å². The number of benzene rings is 1. The maximum Gasteiger partial charge on any atom is 0.465 e. The molecule has 0 aromatic heterocycles. The predicted octanol–water partition coefficient (Wildman–Crippen LogP) is 2.84. The number of carbonyl (C=O) groups excluding carboxylic acids is 1. The summed E-state index contributed by atoms with van der Waals surface area (Å²) in [4.78, 5) is 11.3. The third-order valence-electron chi connectivity index (χ3n) is 5.17. The van der Waals surface area contributed by atoms with E-state index in [4.69, 9.17) is 4.55 Å². The molecule has 0 radical (unpaired) electrons. The number of ether oxygens (including phenoxy) is 1. The highest BCUT2D eigenvalue weighted by atomic mass is 32.2. The fraction of sp³-hybridized carbons (Fsp3) is 0.562. The molecule has 2 aliphatic carbocycles. The van der Waals surface area contributed by atoms with Crippen LogP contribution in [0.3, 0.4) is 0 Å². The van der Waals surface area contributed by atoms with Gasteiger partial charge < -0.3 is 4.74 Å². The quantitative estimate of drug-likeness (QED) is 0.645. The van der Waals surface area contributed by atoms with E-state index in [1.165, 1.54) is 5.56 Å². The number of fused-ring (bicyclic) bond motifs is 2. The Balaban J connectivity index is 1.64. The summed E-state index contributed by atoms with van der Waals surface area (Å²) in [5.74, 6) is -1.30. The SMILES string of the molecule is O=C(OCC1CC2CC(c3ccccc3)C1C2)C(F)(F)S(=O)(=O)O. The van der Waals surface area contributed by atoms with Crippen molar-refractivity contribution < 1.29 is 31.3 Å². The van der Waals surface area contributed by atoms with Crippen LogP contribution >= 0.6 is 0 Å². The van der Waals surface area contributed by atoms with E-state index in [1.807, 2.05) is 30.3 Å². The Morgan fingerprint density at radius 3 is 2.46 bits per heavy atom. The fourth-order valence-corrected chi connectivity index (χ4v) is 4.41. The molecular weight excluding hydrogens is 342 g/mol. The molecule has 2 fully saturated rings. The van der Waals surface area contributed by atoms with Gasteiger partial charge in [-0.25, -0.2) is 4.79 Å². The molecule has 0 aliphatic heterocycles. The molecule has 3 rings (SSSR count). The summed E-state index contributed by atoms with van der Waals surface area (Å²) in [6.07, 6.45) is 2.76. The van der Waals surface area contributed by atoms with Crippen molar-refractivity contribution in [3.05, 3.63) is 35.9 Å². The predicted molar refractivity (Wildman–Crippen MR) is 81.0 cm³/mol. The van der Waals surface area contributed by atoms with Gasteiger partial charge in [-0.15, -0.1) is 0 Å². The van der Waals surface area contributed by atoms with Gasteiger partial charge in [0, 0.05) is 0 Å². The van der Waals surface area contributed by atoms with Gasteiger partial charge in [0.25, 0.3) is 0 Å². The van der Waals surface area contributed by atoms with E-state index in [2.05, 4.69) is 4.74 Å². The molecule has 2 aliphatic rings. The Bertz CT molecular complexity index is 719. The molecular formula is C16H18F2O5S. The van der Waals surface area contributed by atoms with Crippen LogP contribution in [-0.2, 0) is 19.6 Å². The van der Waals surface area contributed by atoms with Crippen LogP contribution in [0, 0.1) is 17.8 Å². The number of halogens is 2. The van der Waals surface area contributed by atoms with E-state index in [-0.39, 0.29) is 18.4 Å². The van der Waals surface area contributed by atoms with Crippen molar-refractivity contribution in [2.75, 3.05) is 6.61 Å². The molecule has 2 bridgehead atoms. The van der Waals surface area contributed by atoms with Gasteiger partial charge >= 0.3 is 21.3 Å². The summed E-state index contributed by atoms with van der Waals surface area (Å²) >= 11 is 0. The lowest BCUT2D eigenvalue weighted by Gasteiger charge is -2.29. The molecule has 0 heterocycles. The van der Waals surface area contributed by atoms with Crippen molar-refractivity contribution in [1.82, 2.24) is 0 Å². The Labute approximate surface area is 138 Å². The first-order chi connectivity index (χ1) is 11.2. The lowest BCUT2D eigenvalue weighted by molar-refractivity contribution is -0.163. The second-order valence-corrected chi connectivity index (χ2v) is 8.07. The highest BCUT2D eigenvalue weighted by Crippen LogP contribution is 2.55. The first-order valence-corrected chi connectivity index (χ1v) is 9.21. The van der Waals surface area contributed by atoms with Crippen molar-refractivity contribution in [2.45, 2.75) is 30.4 Å². The van der Waals surface area contributed by atoms with Gasteiger partial charge in [-0.1, -0.05) is 30.3 Å². The molecule has 0 amide bonds. The molecule has 4 atom stereocenters. The van der Waals surface area contributed by atoms with Crippen LogP contribution in [0.15, 0.2) is 30.3 Å². The smallest absolute Gasteiger partial charge is 0.460 e. The number of carbonyl (C=O) groups is 1.